The molecular formula is C12H19Cl2FN4O. The Morgan fingerprint density at radius 3 is 2.40 bits per heavy atom. The largest absolute Gasteiger partial charge is 0.370 e. The first-order valence-electron chi connectivity index (χ1n) is 6.01. The Morgan fingerprint density at radius 1 is 1.25 bits per heavy atom. The fourth-order valence-electron chi connectivity index (χ4n) is 1.31. The van der Waals surface area contributed by atoms with Gasteiger partial charge in [-0.05, 0) is 37.1 Å². The first-order chi connectivity index (χ1) is 9.63. The maximum atomic E-state index is 12.6. The van der Waals surface area contributed by atoms with Crippen molar-refractivity contribution in [3.63, 3.8) is 0 Å². The zero-order valence-electron chi connectivity index (χ0n) is 11.0. The summed E-state index contributed by atoms with van der Waals surface area (Å²) in [5, 5.41) is 3.00. The summed E-state index contributed by atoms with van der Waals surface area (Å²) in [7, 11) is 0. The van der Waals surface area contributed by atoms with Crippen LogP contribution in [0.2, 0.25) is 0 Å². The molecule has 1 aromatic carbocycles. The molecule has 0 bridgehead atoms. The number of benzene rings is 1. The number of hydrogen-bond acceptors (Lipinski definition) is 3. The van der Waals surface area contributed by atoms with Crippen LogP contribution >= 0.6 is 23.7 Å². The number of guanidine groups is 1. The van der Waals surface area contributed by atoms with Crippen molar-refractivity contribution in [1.29, 1.82) is 0 Å². The molecule has 0 heterocycles. The third-order valence-corrected chi connectivity index (χ3v) is 2.28. The van der Waals surface area contributed by atoms with Crippen LogP contribution in [0, 0.1) is 5.82 Å². The summed E-state index contributed by atoms with van der Waals surface area (Å²) >= 11 is 8.53. The van der Waals surface area contributed by atoms with E-state index in [-0.39, 0.29) is 5.82 Å². The maximum absolute atomic E-state index is 12.6. The summed E-state index contributed by atoms with van der Waals surface area (Å²) in [5.74, 6) is 0.164. The fourth-order valence-corrected chi connectivity index (χ4v) is 1.31. The van der Waals surface area contributed by atoms with Crippen molar-refractivity contribution in [2.45, 2.75) is 19.4 Å². The van der Waals surface area contributed by atoms with Crippen molar-refractivity contribution < 1.29 is 8.23 Å². The van der Waals surface area contributed by atoms with Crippen molar-refractivity contribution >= 4 is 29.7 Å². The van der Waals surface area contributed by atoms with Gasteiger partial charge in [-0.1, -0.05) is 12.1 Å². The minimum atomic E-state index is -0.245. The lowest BCUT2D eigenvalue weighted by atomic mass is 10.2. The van der Waals surface area contributed by atoms with E-state index in [9.17, 15) is 4.39 Å². The van der Waals surface area contributed by atoms with E-state index in [0.717, 1.165) is 24.9 Å². The molecule has 0 amide bonds. The zero-order valence-corrected chi connectivity index (χ0v) is 12.5. The smallest absolute Gasteiger partial charge is 0.188 e. The van der Waals surface area contributed by atoms with Gasteiger partial charge in [0.05, 0.1) is 30.3 Å². The Bertz CT molecular complexity index is 376. The standard InChI is InChI=1S/C12H19FN4.Cl2O/c13-11-5-3-10(4-6-11)9-17-12(15)16-8-2-1-7-14;1-3-2/h3-6H,1-2,7-9,14H2,(H3,15,16,17);. The number of nitrogens with zero attached hydrogens (tertiary/aromatic N) is 1. The predicted molar refractivity (Wildman–Crippen MR) is 80.8 cm³/mol. The molecule has 0 spiro atoms. The molecule has 8 heteroatoms. The second-order valence-electron chi connectivity index (χ2n) is 3.81. The second-order valence-corrected chi connectivity index (χ2v) is 4.28. The molecule has 114 valence electrons. The molecule has 0 aromatic heterocycles. The normalized spacial score (nSPS) is 10.7. The Morgan fingerprint density at radius 2 is 1.85 bits per heavy atom. The van der Waals surface area contributed by atoms with Gasteiger partial charge in [0.2, 0.25) is 0 Å². The molecule has 5 N–H and O–H groups in total. The number of unbranched alkanes of at least 4 members (excludes halogenated alkanes) is 1. The highest BCUT2D eigenvalue weighted by Gasteiger charge is 1.94. The number of halogens is 3. The van der Waals surface area contributed by atoms with E-state index >= 15 is 0 Å². The Balaban J connectivity index is 0.00000110. The van der Waals surface area contributed by atoms with Crippen molar-refractivity contribution in [2.75, 3.05) is 13.1 Å². The van der Waals surface area contributed by atoms with Crippen LogP contribution in [0.15, 0.2) is 29.3 Å². The summed E-state index contributed by atoms with van der Waals surface area (Å²) in [5.41, 5.74) is 12.0. The van der Waals surface area contributed by atoms with Crippen LogP contribution in [-0.2, 0) is 10.4 Å². The maximum Gasteiger partial charge on any atom is 0.188 e. The first-order valence-corrected chi connectivity index (χ1v) is 6.63. The van der Waals surface area contributed by atoms with Gasteiger partial charge in [-0.15, -0.1) is 0 Å². The summed E-state index contributed by atoms with van der Waals surface area (Å²) < 4.78 is 15.8. The summed E-state index contributed by atoms with van der Waals surface area (Å²) in [6, 6.07) is 6.21. The molecule has 1 aromatic rings. The minimum Gasteiger partial charge on any atom is -0.370 e. The SMILES string of the molecule is ClOCl.NCCCCNC(N)=NCc1ccc(F)cc1. The molecule has 0 aliphatic heterocycles. The van der Waals surface area contributed by atoms with Gasteiger partial charge in [-0.2, -0.15) is 3.84 Å². The van der Waals surface area contributed by atoms with Crippen LogP contribution in [0.25, 0.3) is 0 Å². The monoisotopic (exact) mass is 324 g/mol. The first kappa shape index (κ1) is 18.9. The molecule has 1 rings (SSSR count). The average Bonchev–Trinajstić information content (AvgIpc) is 2.44. The molecule has 0 atom stereocenters. The van der Waals surface area contributed by atoms with E-state index in [2.05, 4.69) is 37.9 Å². The molecule has 0 aliphatic carbocycles. The van der Waals surface area contributed by atoms with Crippen molar-refractivity contribution in [3.05, 3.63) is 35.6 Å². The number of hydrogen-bond donors (Lipinski definition) is 3. The molecule has 0 radical (unpaired) electrons. The van der Waals surface area contributed by atoms with Gasteiger partial charge < -0.3 is 16.8 Å². The number of aliphatic imine (C=N–C) groups is 1. The highest BCUT2D eigenvalue weighted by molar-refractivity contribution is 6.24. The number of nitrogens with one attached hydrogen (secondary N) is 1. The third kappa shape index (κ3) is 10.8. The fraction of sp³-hybridized carbons (Fsp3) is 0.417. The molecular weight excluding hydrogens is 306 g/mol. The number of rotatable bonds is 6. The minimum absolute atomic E-state index is 0.245. The molecule has 5 nitrogen and oxygen atoms in total. The van der Waals surface area contributed by atoms with Gasteiger partial charge in [0.25, 0.3) is 0 Å². The van der Waals surface area contributed by atoms with E-state index in [1.54, 1.807) is 12.1 Å². The molecule has 20 heavy (non-hydrogen) atoms. The average molecular weight is 325 g/mol. The summed E-state index contributed by atoms with van der Waals surface area (Å²) in [4.78, 5) is 4.15. The van der Waals surface area contributed by atoms with Crippen molar-refractivity contribution in [3.8, 4) is 0 Å². The van der Waals surface area contributed by atoms with E-state index in [1.807, 2.05) is 0 Å². The van der Waals surface area contributed by atoms with Gasteiger partial charge >= 0.3 is 0 Å². The molecule has 0 aliphatic rings. The van der Waals surface area contributed by atoms with Crippen LogP contribution in [0.5, 0.6) is 0 Å². The van der Waals surface area contributed by atoms with Crippen molar-refractivity contribution in [1.82, 2.24) is 5.32 Å². The van der Waals surface area contributed by atoms with Crippen LogP contribution in [0.3, 0.4) is 0 Å². The van der Waals surface area contributed by atoms with Gasteiger partial charge in [-0.25, -0.2) is 9.38 Å². The summed E-state index contributed by atoms with van der Waals surface area (Å²) in [6.07, 6.45) is 1.95. The topological polar surface area (TPSA) is 85.7 Å². The molecule has 0 fully saturated rings. The lowest BCUT2D eigenvalue weighted by molar-refractivity contribution is 0.627. The lowest BCUT2D eigenvalue weighted by Crippen LogP contribution is -2.32. The quantitative estimate of drug-likeness (QED) is 0.425. The van der Waals surface area contributed by atoms with Crippen LogP contribution in [-0.4, -0.2) is 19.0 Å². The van der Waals surface area contributed by atoms with Crippen LogP contribution in [0.1, 0.15) is 18.4 Å². The van der Waals surface area contributed by atoms with Gasteiger partial charge in [0.1, 0.15) is 5.82 Å². The van der Waals surface area contributed by atoms with Gasteiger partial charge in [-0.3, -0.25) is 0 Å². The van der Waals surface area contributed by atoms with Crippen LogP contribution in [0.4, 0.5) is 4.39 Å². The van der Waals surface area contributed by atoms with E-state index < -0.39 is 0 Å². The van der Waals surface area contributed by atoms with Crippen LogP contribution < -0.4 is 16.8 Å². The Kier molecular flexibility index (Phi) is 12.2. The molecule has 0 saturated carbocycles. The third-order valence-electron chi connectivity index (χ3n) is 2.28. The highest BCUT2D eigenvalue weighted by atomic mass is 35.6. The lowest BCUT2D eigenvalue weighted by Gasteiger charge is -2.04. The summed E-state index contributed by atoms with van der Waals surface area (Å²) in [6.45, 7) is 1.92. The Labute approximate surface area is 128 Å². The van der Waals surface area contributed by atoms with Gasteiger partial charge in [0.15, 0.2) is 5.96 Å². The zero-order chi connectivity index (χ0) is 15.2. The number of nitrogens with two attached hydrogens (primary N) is 2. The highest BCUT2D eigenvalue weighted by Crippen LogP contribution is 2.03. The predicted octanol–water partition coefficient (Wildman–Crippen LogP) is 2.28. The molecule has 0 saturated heterocycles. The van der Waals surface area contributed by atoms with Crippen molar-refractivity contribution in [2.24, 2.45) is 16.5 Å². The Hall–Kier alpha value is -1.08. The second kappa shape index (κ2) is 12.9. The van der Waals surface area contributed by atoms with Gasteiger partial charge in [0, 0.05) is 6.54 Å². The van der Waals surface area contributed by atoms with E-state index in [1.165, 1.54) is 12.1 Å². The van der Waals surface area contributed by atoms with E-state index in [4.69, 9.17) is 11.5 Å². The molecule has 0 unspecified atom stereocenters. The van der Waals surface area contributed by atoms with E-state index in [0.29, 0.717) is 19.0 Å².